The minimum Gasteiger partial charge on any atom is -0.497 e. The maximum Gasteiger partial charge on any atom is 0.258 e. The van der Waals surface area contributed by atoms with Gasteiger partial charge in [-0.1, -0.05) is 0 Å². The topological polar surface area (TPSA) is 38.8 Å². The van der Waals surface area contributed by atoms with Crippen molar-refractivity contribution in [1.82, 2.24) is 4.90 Å². The van der Waals surface area contributed by atoms with Crippen LogP contribution in [-0.2, 0) is 0 Å². The van der Waals surface area contributed by atoms with Crippen molar-refractivity contribution in [2.75, 3.05) is 26.6 Å². The fraction of sp³-hybridized carbons (Fsp3) is 0.562. The van der Waals surface area contributed by atoms with Gasteiger partial charge in [0.15, 0.2) is 0 Å². The van der Waals surface area contributed by atoms with Crippen LogP contribution in [0.25, 0.3) is 0 Å². The van der Waals surface area contributed by atoms with E-state index in [0.29, 0.717) is 22.9 Å². The molecule has 116 valence electrons. The molecule has 0 aromatic heterocycles. The van der Waals surface area contributed by atoms with Crippen molar-refractivity contribution >= 4 is 17.5 Å². The number of nitrogens with zero attached hydrogens (tertiary/aromatic N) is 1. The first-order chi connectivity index (χ1) is 10.2. The Kier molecular flexibility index (Phi) is 5.74. The smallest absolute Gasteiger partial charge is 0.258 e. The highest BCUT2D eigenvalue weighted by atomic mass is 35.5. The summed E-state index contributed by atoms with van der Waals surface area (Å²) in [4.78, 5) is 14.8. The average molecular weight is 312 g/mol. The van der Waals surface area contributed by atoms with E-state index in [1.807, 2.05) is 4.90 Å². The molecule has 1 aliphatic heterocycles. The van der Waals surface area contributed by atoms with Gasteiger partial charge in [0.05, 0.1) is 19.8 Å². The number of amides is 1. The molecule has 0 radical (unpaired) electrons. The molecule has 0 aliphatic carbocycles. The molecule has 4 nitrogen and oxygen atoms in total. The van der Waals surface area contributed by atoms with Crippen molar-refractivity contribution in [3.05, 3.63) is 23.8 Å². The molecule has 2 rings (SSSR count). The minimum absolute atomic E-state index is 0.0165. The monoisotopic (exact) mass is 311 g/mol. The van der Waals surface area contributed by atoms with Crippen LogP contribution in [0, 0.1) is 0 Å². The number of methoxy groups -OCH3 is 2. The van der Waals surface area contributed by atoms with E-state index in [9.17, 15) is 4.79 Å². The van der Waals surface area contributed by atoms with Crippen molar-refractivity contribution in [2.45, 2.75) is 31.7 Å². The molecule has 1 atom stereocenters. The van der Waals surface area contributed by atoms with E-state index < -0.39 is 0 Å². The van der Waals surface area contributed by atoms with Gasteiger partial charge in [-0.25, -0.2) is 0 Å². The van der Waals surface area contributed by atoms with Crippen molar-refractivity contribution in [3.63, 3.8) is 0 Å². The van der Waals surface area contributed by atoms with Crippen LogP contribution in [-0.4, -0.2) is 43.5 Å². The van der Waals surface area contributed by atoms with Gasteiger partial charge in [0.1, 0.15) is 11.5 Å². The second-order valence-corrected chi connectivity index (χ2v) is 5.57. The van der Waals surface area contributed by atoms with Gasteiger partial charge in [-0.3, -0.25) is 4.79 Å². The third-order valence-corrected chi connectivity index (χ3v) is 4.21. The Hall–Kier alpha value is -1.42. The molecule has 1 amide bonds. The molecule has 1 aromatic carbocycles. The molecule has 5 heteroatoms. The van der Waals surface area contributed by atoms with Gasteiger partial charge in [-0.05, 0) is 43.9 Å². The van der Waals surface area contributed by atoms with Crippen LogP contribution in [0.2, 0.25) is 0 Å². The quantitative estimate of drug-likeness (QED) is 0.756. The lowest BCUT2D eigenvalue weighted by Crippen LogP contribution is -2.35. The Morgan fingerprint density at radius 1 is 1.38 bits per heavy atom. The van der Waals surface area contributed by atoms with Crippen LogP contribution in [0.5, 0.6) is 11.5 Å². The zero-order valence-corrected chi connectivity index (χ0v) is 13.4. The number of hydrogen-bond acceptors (Lipinski definition) is 3. The maximum absolute atomic E-state index is 12.8. The molecule has 21 heavy (non-hydrogen) atoms. The van der Waals surface area contributed by atoms with Crippen LogP contribution in [0.1, 0.15) is 36.0 Å². The highest BCUT2D eigenvalue weighted by molar-refractivity contribution is 6.17. The van der Waals surface area contributed by atoms with Crippen LogP contribution < -0.4 is 9.47 Å². The molecule has 0 spiro atoms. The summed E-state index contributed by atoms with van der Waals surface area (Å²) in [6, 6.07) is 5.60. The fourth-order valence-electron chi connectivity index (χ4n) is 2.85. The van der Waals surface area contributed by atoms with Gasteiger partial charge in [0, 0.05) is 18.5 Å². The third-order valence-electron chi connectivity index (χ3n) is 3.95. The Morgan fingerprint density at radius 3 is 2.86 bits per heavy atom. The molecule has 0 bridgehead atoms. The number of halogens is 1. The molecular weight excluding hydrogens is 290 g/mol. The van der Waals surface area contributed by atoms with Crippen LogP contribution in [0.4, 0.5) is 0 Å². The van der Waals surface area contributed by atoms with E-state index in [-0.39, 0.29) is 11.9 Å². The van der Waals surface area contributed by atoms with E-state index in [2.05, 4.69) is 0 Å². The van der Waals surface area contributed by atoms with Gasteiger partial charge in [-0.2, -0.15) is 0 Å². The molecular formula is C16H22ClNO3. The number of ether oxygens (including phenoxy) is 2. The molecule has 1 saturated heterocycles. The predicted octanol–water partition coefficient (Wildman–Crippen LogP) is 3.33. The molecule has 1 aliphatic rings. The highest BCUT2D eigenvalue weighted by Crippen LogP contribution is 2.29. The molecule has 1 fully saturated rings. The van der Waals surface area contributed by atoms with Crippen molar-refractivity contribution in [2.24, 2.45) is 0 Å². The SMILES string of the molecule is COc1ccc(OC)c(C(=O)N2CCCC2CCCCl)c1. The fourth-order valence-corrected chi connectivity index (χ4v) is 3.01. The van der Waals surface area contributed by atoms with Gasteiger partial charge in [0.25, 0.3) is 5.91 Å². The highest BCUT2D eigenvalue weighted by Gasteiger charge is 2.30. The van der Waals surface area contributed by atoms with Crippen LogP contribution in [0.15, 0.2) is 18.2 Å². The van der Waals surface area contributed by atoms with E-state index in [1.165, 1.54) is 0 Å². The summed E-state index contributed by atoms with van der Waals surface area (Å²) in [6.07, 6.45) is 3.99. The van der Waals surface area contributed by atoms with Crippen LogP contribution >= 0.6 is 11.6 Å². The van der Waals surface area contributed by atoms with E-state index in [4.69, 9.17) is 21.1 Å². The third kappa shape index (κ3) is 3.62. The molecule has 0 N–H and O–H groups in total. The zero-order chi connectivity index (χ0) is 15.2. The first kappa shape index (κ1) is 16.0. The van der Waals surface area contributed by atoms with E-state index in [0.717, 1.165) is 32.2 Å². The summed E-state index contributed by atoms with van der Waals surface area (Å²) in [5, 5.41) is 0. The summed E-state index contributed by atoms with van der Waals surface area (Å²) >= 11 is 5.77. The van der Waals surface area contributed by atoms with Gasteiger partial charge in [0.2, 0.25) is 0 Å². The normalized spacial score (nSPS) is 17.9. The predicted molar refractivity (Wildman–Crippen MR) is 83.6 cm³/mol. The largest absolute Gasteiger partial charge is 0.497 e. The number of benzene rings is 1. The summed E-state index contributed by atoms with van der Waals surface area (Å²) in [5.41, 5.74) is 0.564. The first-order valence-electron chi connectivity index (χ1n) is 7.30. The Morgan fingerprint density at radius 2 is 2.19 bits per heavy atom. The summed E-state index contributed by atoms with van der Waals surface area (Å²) in [7, 11) is 3.17. The second-order valence-electron chi connectivity index (χ2n) is 5.19. The van der Waals surface area contributed by atoms with E-state index in [1.54, 1.807) is 32.4 Å². The number of alkyl halides is 1. The lowest BCUT2D eigenvalue weighted by atomic mass is 10.1. The first-order valence-corrected chi connectivity index (χ1v) is 7.83. The molecule has 1 unspecified atom stereocenters. The van der Waals surface area contributed by atoms with Gasteiger partial charge in [-0.15, -0.1) is 11.6 Å². The lowest BCUT2D eigenvalue weighted by Gasteiger charge is -2.25. The summed E-state index contributed by atoms with van der Waals surface area (Å²) in [5.74, 6) is 1.91. The van der Waals surface area contributed by atoms with Crippen LogP contribution in [0.3, 0.4) is 0 Å². The standard InChI is InChI=1S/C16H22ClNO3/c1-20-13-7-8-15(21-2)14(11-13)16(19)18-10-4-6-12(18)5-3-9-17/h7-8,11-12H,3-6,9-10H2,1-2H3. The molecule has 1 heterocycles. The zero-order valence-electron chi connectivity index (χ0n) is 12.6. The number of likely N-dealkylation sites (tertiary alicyclic amines) is 1. The summed E-state index contributed by atoms with van der Waals surface area (Å²) < 4.78 is 10.5. The number of rotatable bonds is 6. The van der Waals surface area contributed by atoms with Gasteiger partial charge >= 0.3 is 0 Å². The second kappa shape index (κ2) is 7.55. The Labute approximate surface area is 131 Å². The van der Waals surface area contributed by atoms with E-state index >= 15 is 0 Å². The minimum atomic E-state index is 0.0165. The molecule has 1 aromatic rings. The van der Waals surface area contributed by atoms with Crippen molar-refractivity contribution in [1.29, 1.82) is 0 Å². The van der Waals surface area contributed by atoms with Crippen molar-refractivity contribution < 1.29 is 14.3 Å². The summed E-state index contributed by atoms with van der Waals surface area (Å²) in [6.45, 7) is 0.798. The number of carbonyl (C=O) groups excluding carboxylic acids is 1. The Balaban J connectivity index is 2.22. The lowest BCUT2D eigenvalue weighted by molar-refractivity contribution is 0.0726. The van der Waals surface area contributed by atoms with Crippen molar-refractivity contribution in [3.8, 4) is 11.5 Å². The number of hydrogen-bond donors (Lipinski definition) is 0. The molecule has 0 saturated carbocycles. The van der Waals surface area contributed by atoms with Gasteiger partial charge < -0.3 is 14.4 Å². The number of carbonyl (C=O) groups is 1. The maximum atomic E-state index is 12.8. The Bertz CT molecular complexity index is 492. The average Bonchev–Trinajstić information content (AvgIpc) is 2.99.